The van der Waals surface area contributed by atoms with Crippen LogP contribution in [0.5, 0.6) is 0 Å². The van der Waals surface area contributed by atoms with Crippen molar-refractivity contribution in [2.75, 3.05) is 32.0 Å². The van der Waals surface area contributed by atoms with Gasteiger partial charge in [0.15, 0.2) is 0 Å². The van der Waals surface area contributed by atoms with Crippen molar-refractivity contribution < 1.29 is 0 Å². The SMILES string of the molecule is CN1CCC(CNc2cc(-c3ccc(C#N)cc3)n3ncnc3n2)CC1. The maximum atomic E-state index is 8.99. The van der Waals surface area contributed by atoms with Crippen LogP contribution in [0.15, 0.2) is 36.7 Å². The molecule has 1 aliphatic rings. The van der Waals surface area contributed by atoms with E-state index in [0.717, 1.165) is 36.7 Å². The van der Waals surface area contributed by atoms with Gasteiger partial charge in [-0.25, -0.2) is 0 Å². The van der Waals surface area contributed by atoms with Crippen molar-refractivity contribution in [1.29, 1.82) is 5.26 Å². The molecular formula is C19H21N7. The number of rotatable bonds is 4. The Kier molecular flexibility index (Phi) is 4.50. The molecular weight excluding hydrogens is 326 g/mol. The van der Waals surface area contributed by atoms with Gasteiger partial charge in [-0.3, -0.25) is 0 Å². The first-order valence-electron chi connectivity index (χ1n) is 8.86. The molecule has 26 heavy (non-hydrogen) atoms. The van der Waals surface area contributed by atoms with Gasteiger partial charge in [0.1, 0.15) is 12.1 Å². The summed E-state index contributed by atoms with van der Waals surface area (Å²) >= 11 is 0. The third kappa shape index (κ3) is 3.37. The number of benzene rings is 1. The van der Waals surface area contributed by atoms with E-state index in [9.17, 15) is 0 Å². The van der Waals surface area contributed by atoms with Gasteiger partial charge in [-0.05, 0) is 51.0 Å². The summed E-state index contributed by atoms with van der Waals surface area (Å²) in [6.07, 6.45) is 3.93. The minimum atomic E-state index is 0.567. The fraction of sp³-hybridized carbons (Fsp3) is 0.368. The largest absolute Gasteiger partial charge is 0.370 e. The van der Waals surface area contributed by atoms with Crippen LogP contribution in [0, 0.1) is 17.2 Å². The molecule has 0 spiro atoms. The minimum absolute atomic E-state index is 0.567. The van der Waals surface area contributed by atoms with Crippen LogP contribution in [-0.2, 0) is 0 Å². The highest BCUT2D eigenvalue weighted by Crippen LogP contribution is 2.23. The molecule has 0 radical (unpaired) electrons. The van der Waals surface area contributed by atoms with Crippen LogP contribution in [0.4, 0.5) is 5.82 Å². The fourth-order valence-corrected chi connectivity index (χ4v) is 3.34. The van der Waals surface area contributed by atoms with Crippen molar-refractivity contribution in [1.82, 2.24) is 24.5 Å². The zero-order valence-electron chi connectivity index (χ0n) is 14.8. The number of fused-ring (bicyclic) bond motifs is 1. The molecule has 0 aliphatic carbocycles. The maximum Gasteiger partial charge on any atom is 0.254 e. The normalized spacial score (nSPS) is 15.8. The first-order valence-corrected chi connectivity index (χ1v) is 8.86. The Labute approximate surface area is 152 Å². The lowest BCUT2D eigenvalue weighted by Crippen LogP contribution is -2.33. The highest BCUT2D eigenvalue weighted by atomic mass is 15.3. The molecule has 1 aliphatic heterocycles. The Hall–Kier alpha value is -2.98. The van der Waals surface area contributed by atoms with Gasteiger partial charge in [0.2, 0.25) is 0 Å². The molecule has 7 nitrogen and oxygen atoms in total. The van der Waals surface area contributed by atoms with Crippen LogP contribution in [-0.4, -0.2) is 51.2 Å². The lowest BCUT2D eigenvalue weighted by molar-refractivity contribution is 0.226. The first kappa shape index (κ1) is 16.5. The number of likely N-dealkylation sites (tertiary alicyclic amines) is 1. The molecule has 1 aromatic carbocycles. The van der Waals surface area contributed by atoms with Crippen molar-refractivity contribution in [3.8, 4) is 17.3 Å². The number of anilines is 1. The maximum absolute atomic E-state index is 8.99. The number of nitrogens with one attached hydrogen (secondary N) is 1. The molecule has 1 fully saturated rings. The van der Waals surface area contributed by atoms with Crippen molar-refractivity contribution in [2.24, 2.45) is 5.92 Å². The quantitative estimate of drug-likeness (QED) is 0.780. The molecule has 4 rings (SSSR count). The van der Waals surface area contributed by atoms with E-state index in [1.807, 2.05) is 30.3 Å². The van der Waals surface area contributed by atoms with E-state index in [-0.39, 0.29) is 0 Å². The molecule has 0 bridgehead atoms. The Bertz CT molecular complexity index is 931. The second kappa shape index (κ2) is 7.10. The van der Waals surface area contributed by atoms with Gasteiger partial charge in [0.25, 0.3) is 5.78 Å². The predicted octanol–water partition coefficient (Wildman–Crippen LogP) is 2.42. The van der Waals surface area contributed by atoms with Crippen LogP contribution in [0.2, 0.25) is 0 Å². The molecule has 0 unspecified atom stereocenters. The standard InChI is InChI=1S/C19H21N7/c1-25-8-6-15(7-9-25)12-21-18-10-17(26-19(24-18)22-13-23-26)16-4-2-14(11-20)3-5-16/h2-5,10,13,15H,6-9,12H2,1H3,(H,21,22,23,24). The number of aromatic nitrogens is 4. The predicted molar refractivity (Wildman–Crippen MR) is 99.6 cm³/mol. The number of nitriles is 1. The van der Waals surface area contributed by atoms with Crippen molar-refractivity contribution in [3.63, 3.8) is 0 Å². The summed E-state index contributed by atoms with van der Waals surface area (Å²) in [7, 11) is 2.17. The van der Waals surface area contributed by atoms with Crippen LogP contribution in [0.1, 0.15) is 18.4 Å². The summed E-state index contributed by atoms with van der Waals surface area (Å²) in [5, 5.41) is 16.8. The molecule has 1 saturated heterocycles. The van der Waals surface area contributed by atoms with Crippen LogP contribution in [0.25, 0.3) is 17.0 Å². The minimum Gasteiger partial charge on any atom is -0.370 e. The summed E-state index contributed by atoms with van der Waals surface area (Å²) in [5.41, 5.74) is 2.52. The zero-order chi connectivity index (χ0) is 17.9. The zero-order valence-corrected chi connectivity index (χ0v) is 14.8. The number of hydrogen-bond donors (Lipinski definition) is 1. The van der Waals surface area contributed by atoms with Crippen LogP contribution < -0.4 is 5.32 Å². The van der Waals surface area contributed by atoms with Gasteiger partial charge in [-0.1, -0.05) is 12.1 Å². The van der Waals surface area contributed by atoms with Crippen molar-refractivity contribution in [3.05, 3.63) is 42.2 Å². The van der Waals surface area contributed by atoms with E-state index in [2.05, 4.69) is 38.4 Å². The summed E-state index contributed by atoms with van der Waals surface area (Å²) in [6, 6.07) is 11.6. The highest BCUT2D eigenvalue weighted by Gasteiger charge is 2.17. The summed E-state index contributed by atoms with van der Waals surface area (Å²) < 4.78 is 1.72. The molecule has 1 N–H and O–H groups in total. The van der Waals surface area contributed by atoms with Gasteiger partial charge < -0.3 is 10.2 Å². The lowest BCUT2D eigenvalue weighted by Gasteiger charge is -2.29. The van der Waals surface area contributed by atoms with E-state index in [1.165, 1.54) is 19.2 Å². The molecule has 2 aromatic heterocycles. The Balaban J connectivity index is 1.59. The lowest BCUT2D eigenvalue weighted by atomic mass is 9.97. The molecule has 7 heteroatoms. The third-order valence-electron chi connectivity index (χ3n) is 4.97. The van der Waals surface area contributed by atoms with Crippen LogP contribution in [0.3, 0.4) is 0 Å². The van der Waals surface area contributed by atoms with E-state index >= 15 is 0 Å². The topological polar surface area (TPSA) is 82.1 Å². The molecule has 0 amide bonds. The Morgan fingerprint density at radius 2 is 2.00 bits per heavy atom. The van der Waals surface area contributed by atoms with Crippen molar-refractivity contribution in [2.45, 2.75) is 12.8 Å². The van der Waals surface area contributed by atoms with Gasteiger partial charge in [0, 0.05) is 18.2 Å². The fourth-order valence-electron chi connectivity index (χ4n) is 3.34. The third-order valence-corrected chi connectivity index (χ3v) is 4.97. The number of nitrogens with zero attached hydrogens (tertiary/aromatic N) is 6. The molecule has 3 aromatic rings. The van der Waals surface area contributed by atoms with E-state index in [4.69, 9.17) is 5.26 Å². The highest BCUT2D eigenvalue weighted by molar-refractivity contribution is 5.66. The van der Waals surface area contributed by atoms with E-state index in [0.29, 0.717) is 17.3 Å². The van der Waals surface area contributed by atoms with Crippen LogP contribution >= 0.6 is 0 Å². The second-order valence-electron chi connectivity index (χ2n) is 6.82. The molecule has 3 heterocycles. The van der Waals surface area contributed by atoms with E-state index < -0.39 is 0 Å². The molecule has 132 valence electrons. The summed E-state index contributed by atoms with van der Waals surface area (Å²) in [5.74, 6) is 2.04. The van der Waals surface area contributed by atoms with Gasteiger partial charge in [-0.2, -0.15) is 24.8 Å². The Morgan fingerprint density at radius 3 is 2.73 bits per heavy atom. The summed E-state index contributed by atoms with van der Waals surface area (Å²) in [6.45, 7) is 3.22. The first-order chi connectivity index (χ1) is 12.7. The van der Waals surface area contributed by atoms with Crippen molar-refractivity contribution >= 4 is 11.6 Å². The van der Waals surface area contributed by atoms with E-state index in [1.54, 1.807) is 4.52 Å². The number of piperidine rings is 1. The van der Waals surface area contributed by atoms with Gasteiger partial charge in [-0.15, -0.1) is 0 Å². The number of hydrogen-bond acceptors (Lipinski definition) is 6. The average molecular weight is 347 g/mol. The molecule has 0 atom stereocenters. The second-order valence-corrected chi connectivity index (χ2v) is 6.82. The smallest absolute Gasteiger partial charge is 0.254 e. The summed E-state index contributed by atoms with van der Waals surface area (Å²) in [4.78, 5) is 11.2. The average Bonchev–Trinajstić information content (AvgIpc) is 3.15. The van der Waals surface area contributed by atoms with Gasteiger partial charge in [0.05, 0.1) is 17.3 Å². The Morgan fingerprint density at radius 1 is 1.23 bits per heavy atom. The van der Waals surface area contributed by atoms with Gasteiger partial charge >= 0.3 is 0 Å². The monoisotopic (exact) mass is 347 g/mol. The molecule has 0 saturated carbocycles.